The number of benzene rings is 3. The summed E-state index contributed by atoms with van der Waals surface area (Å²) in [4.78, 5) is 25.8. The number of sulfonamides is 1. The summed E-state index contributed by atoms with van der Waals surface area (Å²) in [5.74, 6) is -1.12. The molecule has 10 heteroatoms. The average molecular weight is 639 g/mol. The Labute approximate surface area is 229 Å². The highest BCUT2D eigenvalue weighted by Gasteiger charge is 2.31. The zero-order chi connectivity index (χ0) is 26.3. The average Bonchev–Trinajstić information content (AvgIpc) is 3.23. The molecule has 0 radical (unpaired) electrons. The summed E-state index contributed by atoms with van der Waals surface area (Å²) >= 11 is 8.13. The van der Waals surface area contributed by atoms with Gasteiger partial charge in [-0.15, -0.1) is 0 Å². The minimum Gasteiger partial charge on any atom is -0.456 e. The monoisotopic (exact) mass is 638 g/mol. The summed E-state index contributed by atoms with van der Waals surface area (Å²) in [6, 6.07) is 15.9. The topological polar surface area (TPSA) is 92.8 Å². The summed E-state index contributed by atoms with van der Waals surface area (Å²) in [5, 5.41) is 3.27. The maximum atomic E-state index is 13.4. The van der Waals surface area contributed by atoms with Crippen LogP contribution in [-0.4, -0.2) is 32.4 Å². The van der Waals surface area contributed by atoms with Gasteiger partial charge in [0.15, 0.2) is 0 Å². The van der Waals surface area contributed by atoms with Crippen LogP contribution in [-0.2, 0) is 21.2 Å². The highest BCUT2D eigenvalue weighted by Crippen LogP contribution is 2.34. The van der Waals surface area contributed by atoms with Crippen molar-refractivity contribution < 1.29 is 22.7 Å². The fourth-order valence-corrected chi connectivity index (χ4v) is 6.07. The Hall–Kier alpha value is -2.63. The number of nitrogens with zero attached hydrogens (tertiary/aromatic N) is 1. The number of carbonyl (C=O) groups excluding carboxylic acids is 2. The minimum atomic E-state index is -3.91. The summed E-state index contributed by atoms with van der Waals surface area (Å²) in [6.07, 6.45) is 0.551. The van der Waals surface area contributed by atoms with Gasteiger partial charge in [0.05, 0.1) is 21.8 Å². The van der Waals surface area contributed by atoms with E-state index in [0.717, 1.165) is 9.13 Å². The van der Waals surface area contributed by atoms with Gasteiger partial charge in [-0.1, -0.05) is 17.7 Å². The molecule has 0 aromatic heterocycles. The Bertz CT molecular complexity index is 1470. The van der Waals surface area contributed by atoms with Gasteiger partial charge in [0.1, 0.15) is 5.60 Å². The molecule has 1 heterocycles. The van der Waals surface area contributed by atoms with Crippen molar-refractivity contribution in [1.29, 1.82) is 0 Å². The molecule has 0 atom stereocenters. The predicted octanol–water partition coefficient (Wildman–Crippen LogP) is 5.90. The van der Waals surface area contributed by atoms with Gasteiger partial charge in [-0.25, -0.2) is 13.2 Å². The Morgan fingerprint density at radius 1 is 1.06 bits per heavy atom. The zero-order valence-corrected chi connectivity index (χ0v) is 23.6. The number of rotatable bonds is 5. The van der Waals surface area contributed by atoms with Crippen LogP contribution in [0, 0.1) is 3.57 Å². The van der Waals surface area contributed by atoms with E-state index in [1.54, 1.807) is 57.2 Å². The quantitative estimate of drug-likeness (QED) is 0.277. The largest absolute Gasteiger partial charge is 0.456 e. The molecule has 1 N–H and O–H groups in total. The van der Waals surface area contributed by atoms with Crippen LogP contribution >= 0.6 is 34.2 Å². The van der Waals surface area contributed by atoms with E-state index in [1.165, 1.54) is 28.6 Å². The molecule has 7 nitrogen and oxygen atoms in total. The SMILES string of the molecule is CC(C)(C)OC(=O)c1cc(I)ccc1NC(=O)c1cccc(S(=O)(=O)N2CCc3cc(Cl)ccc32)c1. The van der Waals surface area contributed by atoms with Crippen LogP contribution in [0.3, 0.4) is 0 Å². The summed E-state index contributed by atoms with van der Waals surface area (Å²) < 4.78 is 34.5. The molecule has 1 amide bonds. The molecular formula is C26H24ClIN2O5S. The molecule has 3 aromatic rings. The van der Waals surface area contributed by atoms with Gasteiger partial charge in [-0.05, 0) is 110 Å². The molecule has 3 aromatic carbocycles. The van der Waals surface area contributed by atoms with Crippen molar-refractivity contribution in [3.63, 3.8) is 0 Å². The number of fused-ring (bicyclic) bond motifs is 1. The van der Waals surface area contributed by atoms with Crippen molar-refractivity contribution >= 4 is 67.5 Å². The molecule has 0 saturated heterocycles. The normalized spacial score (nSPS) is 13.3. The van der Waals surface area contributed by atoms with Crippen LogP contribution in [0.2, 0.25) is 5.02 Å². The third-order valence-corrected chi connectivity index (χ3v) is 8.14. The Kier molecular flexibility index (Phi) is 7.36. The van der Waals surface area contributed by atoms with Crippen molar-refractivity contribution in [3.05, 3.63) is 85.9 Å². The lowest BCUT2D eigenvalue weighted by Gasteiger charge is -2.21. The molecule has 4 rings (SSSR count). The lowest BCUT2D eigenvalue weighted by atomic mass is 10.1. The van der Waals surface area contributed by atoms with Crippen molar-refractivity contribution in [2.24, 2.45) is 0 Å². The maximum absolute atomic E-state index is 13.4. The first-order chi connectivity index (χ1) is 16.8. The second kappa shape index (κ2) is 10.0. The second-order valence-electron chi connectivity index (χ2n) is 9.27. The highest BCUT2D eigenvalue weighted by atomic mass is 127. The van der Waals surface area contributed by atoms with E-state index in [4.69, 9.17) is 16.3 Å². The van der Waals surface area contributed by atoms with Crippen molar-refractivity contribution in [2.75, 3.05) is 16.2 Å². The van der Waals surface area contributed by atoms with E-state index < -0.39 is 27.5 Å². The summed E-state index contributed by atoms with van der Waals surface area (Å²) in [6.45, 7) is 5.57. The number of carbonyl (C=O) groups is 2. The van der Waals surface area contributed by atoms with Gasteiger partial charge in [-0.3, -0.25) is 9.10 Å². The van der Waals surface area contributed by atoms with Gasteiger partial charge in [-0.2, -0.15) is 0 Å². The Balaban J connectivity index is 1.61. The Morgan fingerprint density at radius 2 is 1.81 bits per heavy atom. The van der Waals surface area contributed by atoms with Crippen LogP contribution < -0.4 is 9.62 Å². The van der Waals surface area contributed by atoms with Crippen LogP contribution in [0.25, 0.3) is 0 Å². The van der Waals surface area contributed by atoms with Crippen LogP contribution in [0.15, 0.2) is 65.6 Å². The first-order valence-corrected chi connectivity index (χ1v) is 14.0. The lowest BCUT2D eigenvalue weighted by Crippen LogP contribution is -2.29. The van der Waals surface area contributed by atoms with E-state index in [-0.39, 0.29) is 28.3 Å². The van der Waals surface area contributed by atoms with E-state index in [0.29, 0.717) is 17.1 Å². The summed E-state index contributed by atoms with van der Waals surface area (Å²) in [5.41, 5.74) is 1.35. The molecule has 0 fully saturated rings. The standard InChI is InChI=1S/C26H24ClIN2O5S/c1-26(2,3)35-25(32)21-15-19(28)8-9-22(21)29-24(31)17-5-4-6-20(14-17)36(33,34)30-12-11-16-13-18(27)7-10-23(16)30/h4-10,13-15H,11-12H2,1-3H3,(H,29,31). The van der Waals surface area contributed by atoms with Gasteiger partial charge in [0, 0.05) is 20.7 Å². The van der Waals surface area contributed by atoms with Gasteiger partial charge < -0.3 is 10.1 Å². The molecule has 0 spiro atoms. The number of halogens is 2. The van der Waals surface area contributed by atoms with E-state index in [1.807, 2.05) is 0 Å². The van der Waals surface area contributed by atoms with Gasteiger partial charge >= 0.3 is 5.97 Å². The minimum absolute atomic E-state index is 0.00655. The number of ether oxygens (including phenoxy) is 1. The smallest absolute Gasteiger partial charge is 0.340 e. The highest BCUT2D eigenvalue weighted by molar-refractivity contribution is 14.1. The number of amides is 1. The summed E-state index contributed by atoms with van der Waals surface area (Å²) in [7, 11) is -3.91. The van der Waals surface area contributed by atoms with E-state index in [2.05, 4.69) is 27.9 Å². The molecule has 0 saturated carbocycles. The van der Waals surface area contributed by atoms with Crippen molar-refractivity contribution in [1.82, 2.24) is 0 Å². The fraction of sp³-hybridized carbons (Fsp3) is 0.231. The second-order valence-corrected chi connectivity index (χ2v) is 12.8. The fourth-order valence-electron chi connectivity index (χ4n) is 3.84. The third kappa shape index (κ3) is 5.68. The molecule has 36 heavy (non-hydrogen) atoms. The lowest BCUT2D eigenvalue weighted by molar-refractivity contribution is 0.00706. The van der Waals surface area contributed by atoms with Crippen molar-refractivity contribution in [2.45, 2.75) is 37.7 Å². The molecule has 0 bridgehead atoms. The molecule has 0 aliphatic carbocycles. The third-order valence-electron chi connectivity index (χ3n) is 5.43. The zero-order valence-electron chi connectivity index (χ0n) is 19.8. The number of nitrogens with one attached hydrogen (secondary N) is 1. The number of hydrogen-bond acceptors (Lipinski definition) is 5. The van der Waals surface area contributed by atoms with Crippen molar-refractivity contribution in [3.8, 4) is 0 Å². The first kappa shape index (κ1) is 26.4. The number of anilines is 2. The molecular weight excluding hydrogens is 615 g/mol. The maximum Gasteiger partial charge on any atom is 0.340 e. The van der Waals surface area contributed by atoms with Crippen LogP contribution in [0.1, 0.15) is 47.1 Å². The first-order valence-electron chi connectivity index (χ1n) is 11.1. The van der Waals surface area contributed by atoms with Gasteiger partial charge in [0.2, 0.25) is 0 Å². The molecule has 0 unspecified atom stereocenters. The Morgan fingerprint density at radius 3 is 2.53 bits per heavy atom. The molecule has 1 aliphatic rings. The van der Waals surface area contributed by atoms with Crippen LogP contribution in [0.4, 0.5) is 11.4 Å². The van der Waals surface area contributed by atoms with E-state index in [9.17, 15) is 18.0 Å². The number of hydrogen-bond donors (Lipinski definition) is 1. The predicted molar refractivity (Wildman–Crippen MR) is 148 cm³/mol. The number of esters is 1. The molecule has 1 aliphatic heterocycles. The van der Waals surface area contributed by atoms with E-state index >= 15 is 0 Å². The van der Waals surface area contributed by atoms with Gasteiger partial charge in [0.25, 0.3) is 15.9 Å². The molecule has 188 valence electrons. The van der Waals surface area contributed by atoms with Crippen LogP contribution in [0.5, 0.6) is 0 Å².